The van der Waals surface area contributed by atoms with Crippen molar-refractivity contribution in [3.8, 4) is 28.4 Å². The fourth-order valence-electron chi connectivity index (χ4n) is 3.90. The number of methoxy groups -OCH3 is 1. The fourth-order valence-corrected chi connectivity index (χ4v) is 3.90. The number of ether oxygens (including phenoxy) is 1. The quantitative estimate of drug-likeness (QED) is 0.378. The number of imide groups is 1. The molecule has 0 unspecified atom stereocenters. The molecular formula is C24H17N3O5. The Morgan fingerprint density at radius 1 is 0.844 bits per heavy atom. The van der Waals surface area contributed by atoms with Gasteiger partial charge in [-0.15, -0.1) is 0 Å². The van der Waals surface area contributed by atoms with Crippen LogP contribution >= 0.6 is 0 Å². The Bertz CT molecular complexity index is 1340. The Hall–Kier alpha value is -4.46. The highest BCUT2D eigenvalue weighted by Crippen LogP contribution is 2.42. The van der Waals surface area contributed by atoms with E-state index in [2.05, 4.69) is 9.97 Å². The van der Waals surface area contributed by atoms with Crippen LogP contribution in [0.3, 0.4) is 0 Å². The second-order valence-electron chi connectivity index (χ2n) is 7.33. The molecule has 3 aromatic carbocycles. The second-order valence-corrected chi connectivity index (χ2v) is 7.33. The van der Waals surface area contributed by atoms with E-state index in [9.17, 15) is 19.8 Å². The van der Waals surface area contributed by atoms with Gasteiger partial charge in [0.15, 0.2) is 11.5 Å². The summed E-state index contributed by atoms with van der Waals surface area (Å²) in [5.41, 5.74) is 1.99. The van der Waals surface area contributed by atoms with Gasteiger partial charge in [-0.05, 0) is 34.9 Å². The van der Waals surface area contributed by atoms with Gasteiger partial charge >= 0.3 is 0 Å². The first-order valence-electron chi connectivity index (χ1n) is 9.77. The van der Waals surface area contributed by atoms with E-state index in [1.54, 1.807) is 13.2 Å². The molecule has 1 aliphatic heterocycles. The molecule has 1 aliphatic rings. The summed E-state index contributed by atoms with van der Waals surface area (Å²) < 4.78 is 5.19. The minimum absolute atomic E-state index is 0.0214. The van der Waals surface area contributed by atoms with Crippen molar-refractivity contribution < 1.29 is 24.5 Å². The van der Waals surface area contributed by atoms with E-state index in [0.717, 1.165) is 21.8 Å². The van der Waals surface area contributed by atoms with Crippen molar-refractivity contribution in [2.75, 3.05) is 7.11 Å². The summed E-state index contributed by atoms with van der Waals surface area (Å²) >= 11 is 0. The first-order valence-corrected chi connectivity index (χ1v) is 9.77. The summed E-state index contributed by atoms with van der Waals surface area (Å²) in [6.07, 6.45) is 2.66. The SMILES string of the molecule is COc1ccc(-c2cccc(CN3C(=O)c4c(c(O)c5nccnc5c4O)C3=O)c2)cc1. The summed E-state index contributed by atoms with van der Waals surface area (Å²) in [5.74, 6) is -1.57. The van der Waals surface area contributed by atoms with Gasteiger partial charge in [-0.25, -0.2) is 9.97 Å². The molecule has 4 aromatic rings. The average Bonchev–Trinajstić information content (AvgIpc) is 3.08. The predicted octanol–water partition coefficient (Wildman–Crippen LogP) is 3.51. The van der Waals surface area contributed by atoms with Crippen molar-refractivity contribution >= 4 is 22.8 Å². The number of aromatic nitrogens is 2. The highest BCUT2D eigenvalue weighted by atomic mass is 16.5. The van der Waals surface area contributed by atoms with Crippen LogP contribution < -0.4 is 4.74 Å². The molecule has 158 valence electrons. The van der Waals surface area contributed by atoms with Crippen molar-refractivity contribution in [3.05, 3.63) is 77.6 Å². The lowest BCUT2D eigenvalue weighted by Gasteiger charge is -2.15. The molecule has 1 aromatic heterocycles. The number of hydrogen-bond donors (Lipinski definition) is 2. The first-order chi connectivity index (χ1) is 15.5. The third-order valence-corrected chi connectivity index (χ3v) is 5.48. The van der Waals surface area contributed by atoms with Crippen LogP contribution in [0.1, 0.15) is 26.3 Å². The second kappa shape index (κ2) is 7.35. The van der Waals surface area contributed by atoms with Crippen LogP contribution in [0.25, 0.3) is 22.2 Å². The van der Waals surface area contributed by atoms with Crippen molar-refractivity contribution in [1.29, 1.82) is 0 Å². The minimum Gasteiger partial charge on any atom is -0.505 e. The molecule has 0 atom stereocenters. The van der Waals surface area contributed by atoms with Crippen LogP contribution in [-0.4, -0.2) is 44.0 Å². The number of carbonyl (C=O) groups is 2. The maximum atomic E-state index is 13.0. The van der Waals surface area contributed by atoms with Crippen LogP contribution in [0, 0.1) is 0 Å². The van der Waals surface area contributed by atoms with E-state index in [0.29, 0.717) is 5.56 Å². The standard InChI is InChI=1S/C24H17N3O5/c1-32-16-7-5-14(6-8-16)15-4-2-3-13(11-15)12-27-23(30)17-18(24(27)31)22(29)20-19(21(17)28)25-9-10-26-20/h2-11,28-29H,12H2,1H3. The topological polar surface area (TPSA) is 113 Å². The maximum absolute atomic E-state index is 13.0. The molecule has 8 nitrogen and oxygen atoms in total. The van der Waals surface area contributed by atoms with E-state index in [-0.39, 0.29) is 28.7 Å². The van der Waals surface area contributed by atoms with E-state index >= 15 is 0 Å². The normalized spacial score (nSPS) is 13.0. The number of benzene rings is 3. The van der Waals surface area contributed by atoms with Gasteiger partial charge in [-0.3, -0.25) is 14.5 Å². The van der Waals surface area contributed by atoms with Crippen LogP contribution in [0.2, 0.25) is 0 Å². The molecule has 0 aliphatic carbocycles. The molecule has 0 spiro atoms. The average molecular weight is 427 g/mol. The Labute approximate surface area is 182 Å². The van der Waals surface area contributed by atoms with Crippen LogP contribution in [-0.2, 0) is 6.54 Å². The molecule has 0 fully saturated rings. The zero-order valence-electron chi connectivity index (χ0n) is 16.9. The van der Waals surface area contributed by atoms with E-state index in [1.807, 2.05) is 42.5 Å². The molecule has 0 bridgehead atoms. The lowest BCUT2D eigenvalue weighted by atomic mass is 10.0. The number of rotatable bonds is 4. The monoisotopic (exact) mass is 427 g/mol. The van der Waals surface area contributed by atoms with Gasteiger partial charge in [0.1, 0.15) is 27.9 Å². The maximum Gasteiger partial charge on any atom is 0.265 e. The highest BCUT2D eigenvalue weighted by molar-refractivity contribution is 6.26. The number of hydrogen-bond acceptors (Lipinski definition) is 7. The Morgan fingerprint density at radius 2 is 1.44 bits per heavy atom. The highest BCUT2D eigenvalue weighted by Gasteiger charge is 2.42. The number of phenolic OH excluding ortho intramolecular Hbond substituents is 2. The van der Waals surface area contributed by atoms with E-state index in [4.69, 9.17) is 4.74 Å². The smallest absolute Gasteiger partial charge is 0.265 e. The first kappa shape index (κ1) is 19.5. The number of amides is 2. The minimum atomic E-state index is -0.694. The Morgan fingerprint density at radius 3 is 2.00 bits per heavy atom. The van der Waals surface area contributed by atoms with E-state index < -0.39 is 23.3 Å². The summed E-state index contributed by atoms with van der Waals surface area (Å²) in [7, 11) is 1.60. The molecular weight excluding hydrogens is 410 g/mol. The number of aromatic hydroxyl groups is 2. The van der Waals surface area contributed by atoms with E-state index in [1.165, 1.54) is 12.4 Å². The third kappa shape index (κ3) is 2.92. The fraction of sp³-hybridized carbons (Fsp3) is 0.0833. The molecule has 0 saturated carbocycles. The molecule has 0 radical (unpaired) electrons. The lowest BCUT2D eigenvalue weighted by molar-refractivity contribution is 0.0641. The molecule has 2 heterocycles. The summed E-state index contributed by atoms with van der Waals surface area (Å²) in [4.78, 5) is 35.0. The number of phenols is 2. The number of nitrogens with zero attached hydrogens (tertiary/aromatic N) is 3. The van der Waals surface area contributed by atoms with Gasteiger partial charge in [-0.1, -0.05) is 30.3 Å². The summed E-state index contributed by atoms with van der Waals surface area (Å²) in [6, 6.07) is 15.0. The molecule has 2 N–H and O–H groups in total. The van der Waals surface area contributed by atoms with Gasteiger partial charge in [0, 0.05) is 12.4 Å². The number of carbonyl (C=O) groups excluding carboxylic acids is 2. The number of fused-ring (bicyclic) bond motifs is 2. The van der Waals surface area contributed by atoms with Gasteiger partial charge in [-0.2, -0.15) is 0 Å². The van der Waals surface area contributed by atoms with Crippen molar-refractivity contribution in [2.24, 2.45) is 0 Å². The van der Waals surface area contributed by atoms with Gasteiger partial charge in [0.2, 0.25) is 0 Å². The van der Waals surface area contributed by atoms with Crippen molar-refractivity contribution in [1.82, 2.24) is 14.9 Å². The van der Waals surface area contributed by atoms with Crippen molar-refractivity contribution in [3.63, 3.8) is 0 Å². The van der Waals surface area contributed by atoms with Crippen LogP contribution in [0.5, 0.6) is 17.2 Å². The third-order valence-electron chi connectivity index (χ3n) is 5.48. The molecule has 5 rings (SSSR count). The lowest BCUT2D eigenvalue weighted by Crippen LogP contribution is -2.29. The van der Waals surface area contributed by atoms with Crippen LogP contribution in [0.15, 0.2) is 60.9 Å². The van der Waals surface area contributed by atoms with Crippen LogP contribution in [0.4, 0.5) is 0 Å². The summed E-state index contributed by atoms with van der Waals surface area (Å²) in [6.45, 7) is -0.0214. The molecule has 32 heavy (non-hydrogen) atoms. The zero-order chi connectivity index (χ0) is 22.4. The largest absolute Gasteiger partial charge is 0.505 e. The summed E-state index contributed by atoms with van der Waals surface area (Å²) in [5, 5.41) is 21.2. The Balaban J connectivity index is 1.51. The van der Waals surface area contributed by atoms with Gasteiger partial charge in [0.25, 0.3) is 11.8 Å². The van der Waals surface area contributed by atoms with Gasteiger partial charge < -0.3 is 14.9 Å². The Kier molecular flexibility index (Phi) is 4.48. The van der Waals surface area contributed by atoms with Gasteiger partial charge in [0.05, 0.1) is 13.7 Å². The predicted molar refractivity (Wildman–Crippen MR) is 116 cm³/mol. The zero-order valence-corrected chi connectivity index (χ0v) is 16.9. The molecule has 2 amide bonds. The molecule has 0 saturated heterocycles. The van der Waals surface area contributed by atoms with Crippen molar-refractivity contribution in [2.45, 2.75) is 6.54 Å². The molecule has 8 heteroatoms.